The highest BCUT2D eigenvalue weighted by Crippen LogP contribution is 2.42. The molecule has 0 aromatic heterocycles. The molecule has 3 rings (SSSR count). The first-order valence-corrected chi connectivity index (χ1v) is 13.9. The van der Waals surface area contributed by atoms with Crippen LogP contribution in [-0.4, -0.2) is 35.9 Å². The highest BCUT2D eigenvalue weighted by atomic mass is 35.5. The molecule has 1 heterocycles. The van der Waals surface area contributed by atoms with Gasteiger partial charge in [0.2, 0.25) is 0 Å². The molecular weight excluding hydrogens is 492 g/mol. The number of likely N-dealkylation sites (tertiary alicyclic amines) is 1. The highest BCUT2D eigenvalue weighted by molar-refractivity contribution is 6.30. The lowest BCUT2D eigenvalue weighted by Gasteiger charge is -2.42. The Bertz CT molecular complexity index is 1150. The Labute approximate surface area is 234 Å². The van der Waals surface area contributed by atoms with Gasteiger partial charge in [0, 0.05) is 29.7 Å². The van der Waals surface area contributed by atoms with Crippen LogP contribution >= 0.6 is 11.6 Å². The lowest BCUT2D eigenvalue weighted by atomic mass is 9.70. The van der Waals surface area contributed by atoms with Gasteiger partial charge in [-0.15, -0.1) is 5.73 Å². The first-order chi connectivity index (χ1) is 17.9. The van der Waals surface area contributed by atoms with Gasteiger partial charge in [0.25, 0.3) is 0 Å². The van der Waals surface area contributed by atoms with E-state index in [1.807, 2.05) is 45.2 Å². The zero-order chi connectivity index (χ0) is 28.0. The lowest BCUT2D eigenvalue weighted by molar-refractivity contribution is 0.0178. The van der Waals surface area contributed by atoms with Gasteiger partial charge in [-0.25, -0.2) is 4.79 Å². The molecule has 0 aliphatic carbocycles. The van der Waals surface area contributed by atoms with Crippen LogP contribution in [0.25, 0.3) is 0 Å². The summed E-state index contributed by atoms with van der Waals surface area (Å²) in [6, 6.07) is 18.6. The summed E-state index contributed by atoms with van der Waals surface area (Å²) in [7, 11) is 0. The van der Waals surface area contributed by atoms with Crippen LogP contribution in [0, 0.1) is 11.3 Å². The second-order valence-electron chi connectivity index (χ2n) is 12.2. The molecule has 1 amide bonds. The maximum Gasteiger partial charge on any atom is 0.410 e. The Morgan fingerprint density at radius 3 is 2.26 bits per heavy atom. The van der Waals surface area contributed by atoms with Crippen molar-refractivity contribution in [2.75, 3.05) is 13.1 Å². The zero-order valence-electron chi connectivity index (χ0n) is 23.9. The van der Waals surface area contributed by atoms with E-state index >= 15 is 0 Å². The van der Waals surface area contributed by atoms with E-state index in [1.165, 1.54) is 11.1 Å². The van der Waals surface area contributed by atoms with Crippen molar-refractivity contribution < 1.29 is 9.53 Å². The number of carbonyl (C=O) groups is 1. The van der Waals surface area contributed by atoms with Gasteiger partial charge in [0.05, 0.1) is 5.70 Å². The molecule has 2 aromatic carbocycles. The summed E-state index contributed by atoms with van der Waals surface area (Å²) in [4.78, 5) is 19.5. The predicted octanol–water partition coefficient (Wildman–Crippen LogP) is 8.64. The Morgan fingerprint density at radius 1 is 1.11 bits per heavy atom. The average molecular weight is 535 g/mol. The average Bonchev–Trinajstić information content (AvgIpc) is 2.87. The molecule has 1 fully saturated rings. The Balaban J connectivity index is 1.76. The number of halogens is 1. The van der Waals surface area contributed by atoms with Crippen LogP contribution in [0.2, 0.25) is 5.02 Å². The number of ether oxygens (including phenoxy) is 1. The van der Waals surface area contributed by atoms with Crippen molar-refractivity contribution in [3.8, 4) is 0 Å². The van der Waals surface area contributed by atoms with E-state index in [9.17, 15) is 4.79 Å². The van der Waals surface area contributed by atoms with E-state index in [-0.39, 0.29) is 16.9 Å². The lowest BCUT2D eigenvalue weighted by Crippen LogP contribution is -2.47. The van der Waals surface area contributed by atoms with E-state index < -0.39 is 5.60 Å². The van der Waals surface area contributed by atoms with E-state index in [2.05, 4.69) is 69.5 Å². The van der Waals surface area contributed by atoms with Crippen molar-refractivity contribution in [1.29, 1.82) is 0 Å². The zero-order valence-corrected chi connectivity index (χ0v) is 24.6. The molecule has 5 heteroatoms. The summed E-state index contributed by atoms with van der Waals surface area (Å²) in [5, 5.41) is 0.765. The Morgan fingerprint density at radius 2 is 1.71 bits per heavy atom. The molecule has 1 saturated heterocycles. The molecule has 0 N–H and O–H groups in total. The monoisotopic (exact) mass is 534 g/mol. The molecule has 0 radical (unpaired) electrons. The largest absolute Gasteiger partial charge is 0.444 e. The number of amides is 1. The van der Waals surface area contributed by atoms with Gasteiger partial charge in [-0.1, -0.05) is 81.4 Å². The van der Waals surface area contributed by atoms with E-state index in [1.54, 1.807) is 4.90 Å². The van der Waals surface area contributed by atoms with Gasteiger partial charge < -0.3 is 9.64 Å². The summed E-state index contributed by atoms with van der Waals surface area (Å²) >= 11 is 6.06. The summed E-state index contributed by atoms with van der Waals surface area (Å²) in [6.45, 7) is 17.8. The van der Waals surface area contributed by atoms with Crippen LogP contribution < -0.4 is 0 Å². The van der Waals surface area contributed by atoms with Crippen molar-refractivity contribution in [2.45, 2.75) is 78.2 Å². The van der Waals surface area contributed by atoms with Gasteiger partial charge in [-0.3, -0.25) is 4.99 Å². The summed E-state index contributed by atoms with van der Waals surface area (Å²) in [5.74, 6) is 0.450. The summed E-state index contributed by atoms with van der Waals surface area (Å²) < 4.78 is 5.63. The fourth-order valence-corrected chi connectivity index (χ4v) is 5.10. The minimum absolute atomic E-state index is 0.0510. The van der Waals surface area contributed by atoms with E-state index in [4.69, 9.17) is 21.3 Å². The van der Waals surface area contributed by atoms with Crippen molar-refractivity contribution >= 4 is 23.9 Å². The van der Waals surface area contributed by atoms with Gasteiger partial charge in [-0.05, 0) is 81.0 Å². The summed E-state index contributed by atoms with van der Waals surface area (Å²) in [5.41, 5.74) is 5.68. The number of nitrogens with zero attached hydrogens (tertiary/aromatic N) is 2. The SMILES string of the molecule is C=C=C(N=CCC(C)(C)C(C)Cc1ccc(Cl)cc1)C1(c2ccccc2)CCN(C(=O)OC(C)(C)C)CC1. The molecule has 204 valence electrons. The van der Waals surface area contributed by atoms with Crippen LogP contribution in [0.15, 0.2) is 77.6 Å². The molecule has 0 spiro atoms. The number of hydrogen-bond acceptors (Lipinski definition) is 3. The minimum Gasteiger partial charge on any atom is -0.444 e. The maximum absolute atomic E-state index is 12.7. The normalized spacial score (nSPS) is 16.7. The van der Waals surface area contributed by atoms with Gasteiger partial charge >= 0.3 is 6.09 Å². The van der Waals surface area contributed by atoms with E-state index in [0.29, 0.717) is 19.0 Å². The molecule has 38 heavy (non-hydrogen) atoms. The standard InChI is InChI=1S/C33H43ClN2O2/c1-8-29(35-21-18-32(6,7)25(2)24-26-14-16-28(34)17-15-26)33(27-12-10-9-11-13-27)19-22-36(23-20-33)30(37)38-31(3,4)5/h9-17,21,25H,1,18-20,22-24H2,2-7H3. The van der Waals surface area contributed by atoms with Crippen LogP contribution in [0.5, 0.6) is 0 Å². The molecule has 2 aromatic rings. The van der Waals surface area contributed by atoms with Crippen LogP contribution in [-0.2, 0) is 16.6 Å². The maximum atomic E-state index is 12.7. The molecule has 4 nitrogen and oxygen atoms in total. The van der Waals surface area contributed by atoms with E-state index in [0.717, 1.165) is 36.4 Å². The molecule has 1 aliphatic rings. The Hall–Kier alpha value is -2.81. The molecular formula is C33H43ClN2O2. The number of benzene rings is 2. The first-order valence-electron chi connectivity index (χ1n) is 13.6. The van der Waals surface area contributed by atoms with Crippen molar-refractivity contribution in [2.24, 2.45) is 16.3 Å². The summed E-state index contributed by atoms with van der Waals surface area (Å²) in [6.07, 6.45) is 5.07. The third-order valence-corrected chi connectivity index (χ3v) is 8.09. The van der Waals surface area contributed by atoms with Crippen LogP contribution in [0.3, 0.4) is 0 Å². The number of rotatable bonds is 8. The first kappa shape index (κ1) is 29.7. The van der Waals surface area contributed by atoms with Crippen LogP contribution in [0.1, 0.15) is 71.9 Å². The predicted molar refractivity (Wildman–Crippen MR) is 159 cm³/mol. The molecule has 0 saturated carbocycles. The smallest absolute Gasteiger partial charge is 0.410 e. The third-order valence-electron chi connectivity index (χ3n) is 7.84. The topological polar surface area (TPSA) is 41.9 Å². The molecule has 1 unspecified atom stereocenters. The second kappa shape index (κ2) is 12.4. The number of piperidine rings is 1. The third kappa shape index (κ3) is 7.62. The van der Waals surface area contributed by atoms with Gasteiger partial charge in [0.1, 0.15) is 5.60 Å². The number of aliphatic imine (C=N–C) groups is 1. The second-order valence-corrected chi connectivity index (χ2v) is 12.6. The molecule has 0 bridgehead atoms. The molecule has 1 aliphatic heterocycles. The fourth-order valence-electron chi connectivity index (χ4n) is 4.98. The van der Waals surface area contributed by atoms with Gasteiger partial charge in [0.15, 0.2) is 0 Å². The minimum atomic E-state index is -0.515. The van der Waals surface area contributed by atoms with Crippen molar-refractivity contribution in [3.05, 3.63) is 88.8 Å². The number of hydrogen-bond donors (Lipinski definition) is 0. The Kier molecular flexibility index (Phi) is 9.68. The quantitative estimate of drug-likeness (QED) is 0.251. The number of carbonyl (C=O) groups excluding carboxylic acids is 1. The van der Waals surface area contributed by atoms with Crippen molar-refractivity contribution in [1.82, 2.24) is 4.90 Å². The van der Waals surface area contributed by atoms with Crippen molar-refractivity contribution in [3.63, 3.8) is 0 Å². The van der Waals surface area contributed by atoms with Crippen LogP contribution in [0.4, 0.5) is 4.79 Å². The highest BCUT2D eigenvalue weighted by Gasteiger charge is 2.41. The number of allylic oxidation sites excluding steroid dienone is 1. The molecule has 1 atom stereocenters. The fraction of sp³-hybridized carbons (Fsp3) is 0.485. The van der Waals surface area contributed by atoms with Gasteiger partial charge in [-0.2, -0.15) is 0 Å².